The number of nitrogens with zero attached hydrogens (tertiary/aromatic N) is 2. The number of nitrogens with one attached hydrogen (secondary N) is 1. The molecule has 2 aromatic rings. The number of hydrogen-bond donors (Lipinski definition) is 1. The predicted molar refractivity (Wildman–Crippen MR) is 129 cm³/mol. The molecule has 3 rings (SSSR count). The molecule has 0 spiro atoms. The van der Waals surface area contributed by atoms with Gasteiger partial charge in [0.1, 0.15) is 11.6 Å². The Bertz CT molecular complexity index is 1060. The molecule has 31 heavy (non-hydrogen) atoms. The van der Waals surface area contributed by atoms with Crippen molar-refractivity contribution in [2.45, 2.75) is 65.8 Å². The highest BCUT2D eigenvalue weighted by molar-refractivity contribution is 6.10. The number of nitriles is 1. The summed E-state index contributed by atoms with van der Waals surface area (Å²) in [6.07, 6.45) is 3.89. The molecule has 2 aromatic carbocycles. The maximum atomic E-state index is 12.8. The van der Waals surface area contributed by atoms with Crippen LogP contribution in [-0.4, -0.2) is 18.0 Å². The van der Waals surface area contributed by atoms with Gasteiger partial charge in [-0.15, -0.1) is 0 Å². The highest BCUT2D eigenvalue weighted by atomic mass is 16.1. The molecular weight excluding hydrogens is 382 g/mol. The van der Waals surface area contributed by atoms with Gasteiger partial charge >= 0.3 is 0 Å². The Balaban J connectivity index is 1.98. The molecule has 1 aliphatic rings. The second-order valence-corrected chi connectivity index (χ2v) is 9.28. The van der Waals surface area contributed by atoms with E-state index < -0.39 is 0 Å². The largest absolute Gasteiger partial charge is 0.366 e. The average Bonchev–Trinajstić information content (AvgIpc) is 2.71. The summed E-state index contributed by atoms with van der Waals surface area (Å²) in [6.45, 7) is 14.1. The molecule has 1 aliphatic heterocycles. The van der Waals surface area contributed by atoms with Gasteiger partial charge in [0.15, 0.2) is 0 Å². The van der Waals surface area contributed by atoms with Crippen LogP contribution >= 0.6 is 0 Å². The quantitative estimate of drug-likeness (QED) is 0.457. The summed E-state index contributed by atoms with van der Waals surface area (Å²) in [5.41, 5.74) is 6.48. The van der Waals surface area contributed by atoms with Crippen LogP contribution in [0.3, 0.4) is 0 Å². The Morgan fingerprint density at radius 3 is 2.61 bits per heavy atom. The van der Waals surface area contributed by atoms with E-state index in [0.29, 0.717) is 5.92 Å². The standard InChI is InChI=1S/C27H33N3O/c1-7-12-30-25-13-19(3)21(15-23(25)20(4)16-27(30,5)6)14-22(17-28)26(31)29-24-11-9-8-10-18(24)2/h8-11,13-15,20H,7,12,16H2,1-6H3,(H,29,31)/b22-14+. The van der Waals surface area contributed by atoms with E-state index in [4.69, 9.17) is 0 Å². The second-order valence-electron chi connectivity index (χ2n) is 9.28. The maximum Gasteiger partial charge on any atom is 0.266 e. The lowest BCUT2D eigenvalue weighted by atomic mass is 9.78. The van der Waals surface area contributed by atoms with Crippen LogP contribution in [0.25, 0.3) is 6.08 Å². The van der Waals surface area contributed by atoms with Crippen LogP contribution in [0.2, 0.25) is 0 Å². The van der Waals surface area contributed by atoms with E-state index in [2.05, 4.69) is 63.0 Å². The molecule has 162 valence electrons. The zero-order valence-corrected chi connectivity index (χ0v) is 19.5. The third-order valence-electron chi connectivity index (χ3n) is 6.28. The van der Waals surface area contributed by atoms with Gasteiger partial charge in [0.25, 0.3) is 5.91 Å². The van der Waals surface area contributed by atoms with Crippen molar-refractivity contribution >= 4 is 23.4 Å². The minimum atomic E-state index is -0.379. The van der Waals surface area contributed by atoms with Gasteiger partial charge in [-0.1, -0.05) is 32.0 Å². The first-order valence-electron chi connectivity index (χ1n) is 11.1. The number of para-hydroxylation sites is 1. The highest BCUT2D eigenvalue weighted by Crippen LogP contribution is 2.44. The summed E-state index contributed by atoms with van der Waals surface area (Å²) < 4.78 is 0. The molecule has 1 N–H and O–H groups in total. The number of anilines is 2. The number of fused-ring (bicyclic) bond motifs is 1. The van der Waals surface area contributed by atoms with Gasteiger partial charge in [-0.25, -0.2) is 0 Å². The minimum absolute atomic E-state index is 0.109. The zero-order valence-electron chi connectivity index (χ0n) is 19.5. The van der Waals surface area contributed by atoms with E-state index in [9.17, 15) is 10.1 Å². The molecule has 0 fully saturated rings. The third-order valence-corrected chi connectivity index (χ3v) is 6.28. The van der Waals surface area contributed by atoms with Crippen LogP contribution in [0.5, 0.6) is 0 Å². The lowest BCUT2D eigenvalue weighted by Crippen LogP contribution is -2.48. The van der Waals surface area contributed by atoms with Gasteiger partial charge in [-0.3, -0.25) is 4.79 Å². The molecule has 4 nitrogen and oxygen atoms in total. The van der Waals surface area contributed by atoms with E-state index in [0.717, 1.165) is 41.8 Å². The minimum Gasteiger partial charge on any atom is -0.366 e. The summed E-state index contributed by atoms with van der Waals surface area (Å²) in [7, 11) is 0. The van der Waals surface area contributed by atoms with Crippen molar-refractivity contribution in [2.24, 2.45) is 0 Å². The summed E-state index contributed by atoms with van der Waals surface area (Å²) in [5, 5.41) is 12.5. The molecular formula is C27H33N3O. The molecule has 1 amide bonds. The Hall–Kier alpha value is -3.06. The van der Waals surface area contributed by atoms with Gasteiger partial charge < -0.3 is 10.2 Å². The van der Waals surface area contributed by atoms with Gasteiger partial charge in [0.05, 0.1) is 0 Å². The predicted octanol–water partition coefficient (Wildman–Crippen LogP) is 6.35. The Morgan fingerprint density at radius 2 is 1.97 bits per heavy atom. The fourth-order valence-corrected chi connectivity index (χ4v) is 4.66. The van der Waals surface area contributed by atoms with Crippen LogP contribution in [0.15, 0.2) is 42.0 Å². The van der Waals surface area contributed by atoms with Crippen molar-refractivity contribution < 1.29 is 4.79 Å². The highest BCUT2D eigenvalue weighted by Gasteiger charge is 2.36. The lowest BCUT2D eigenvalue weighted by Gasteiger charge is -2.48. The molecule has 0 saturated heterocycles. The monoisotopic (exact) mass is 415 g/mol. The summed E-state index contributed by atoms with van der Waals surface area (Å²) in [6, 6.07) is 14.1. The summed E-state index contributed by atoms with van der Waals surface area (Å²) in [4.78, 5) is 15.3. The molecule has 0 aliphatic carbocycles. The van der Waals surface area contributed by atoms with Crippen molar-refractivity contribution in [1.82, 2.24) is 0 Å². The lowest BCUT2D eigenvalue weighted by molar-refractivity contribution is -0.112. The number of benzene rings is 2. The van der Waals surface area contributed by atoms with Crippen LogP contribution in [0.1, 0.15) is 68.7 Å². The molecule has 0 aromatic heterocycles. The fraction of sp³-hybridized carbons (Fsp3) is 0.407. The molecule has 0 bridgehead atoms. The van der Waals surface area contributed by atoms with E-state index in [1.54, 1.807) is 6.08 Å². The number of carbonyl (C=O) groups excluding carboxylic acids is 1. The Morgan fingerprint density at radius 1 is 1.26 bits per heavy atom. The molecule has 0 saturated carbocycles. The second kappa shape index (κ2) is 8.98. The number of rotatable bonds is 5. The number of carbonyl (C=O) groups is 1. The van der Waals surface area contributed by atoms with Crippen LogP contribution < -0.4 is 10.2 Å². The maximum absolute atomic E-state index is 12.8. The first-order valence-corrected chi connectivity index (χ1v) is 11.1. The van der Waals surface area contributed by atoms with E-state index in [1.807, 2.05) is 31.2 Å². The normalized spacial score (nSPS) is 17.6. The van der Waals surface area contributed by atoms with Crippen LogP contribution in [0.4, 0.5) is 11.4 Å². The van der Waals surface area contributed by atoms with Crippen molar-refractivity contribution in [3.63, 3.8) is 0 Å². The molecule has 0 radical (unpaired) electrons. The zero-order chi connectivity index (χ0) is 22.8. The molecule has 1 unspecified atom stereocenters. The van der Waals surface area contributed by atoms with Crippen LogP contribution in [0, 0.1) is 25.2 Å². The fourth-order valence-electron chi connectivity index (χ4n) is 4.66. The smallest absolute Gasteiger partial charge is 0.266 e. The van der Waals surface area contributed by atoms with Crippen molar-refractivity contribution in [1.29, 1.82) is 5.26 Å². The van der Waals surface area contributed by atoms with Gasteiger partial charge in [0.2, 0.25) is 0 Å². The van der Waals surface area contributed by atoms with Gasteiger partial charge in [0, 0.05) is 23.5 Å². The average molecular weight is 416 g/mol. The SMILES string of the molecule is CCCN1c2cc(C)c(/C=C(\C#N)C(=O)Nc3ccccc3C)cc2C(C)CC1(C)C. The third kappa shape index (κ3) is 4.66. The summed E-state index contributed by atoms with van der Waals surface area (Å²) in [5.74, 6) is 0.0351. The van der Waals surface area contributed by atoms with Gasteiger partial charge in [-0.2, -0.15) is 5.26 Å². The number of amides is 1. The van der Waals surface area contributed by atoms with Crippen LogP contribution in [-0.2, 0) is 4.79 Å². The molecule has 1 heterocycles. The van der Waals surface area contributed by atoms with Crippen molar-refractivity contribution in [3.8, 4) is 6.07 Å². The van der Waals surface area contributed by atoms with E-state index in [1.165, 1.54) is 11.3 Å². The van der Waals surface area contributed by atoms with Crippen molar-refractivity contribution in [2.75, 3.05) is 16.8 Å². The van der Waals surface area contributed by atoms with Gasteiger partial charge in [-0.05, 0) is 93.0 Å². The first kappa shape index (κ1) is 22.6. The van der Waals surface area contributed by atoms with E-state index in [-0.39, 0.29) is 17.0 Å². The molecule has 1 atom stereocenters. The van der Waals surface area contributed by atoms with E-state index >= 15 is 0 Å². The van der Waals surface area contributed by atoms with Crippen molar-refractivity contribution in [3.05, 3.63) is 64.2 Å². The molecule has 4 heteroatoms. The Labute approximate surface area is 186 Å². The summed E-state index contributed by atoms with van der Waals surface area (Å²) >= 11 is 0. The number of aryl methyl sites for hydroxylation is 2. The topological polar surface area (TPSA) is 56.1 Å². The first-order chi connectivity index (χ1) is 14.7. The number of hydrogen-bond acceptors (Lipinski definition) is 3. The Kier molecular flexibility index (Phi) is 6.55.